The molecular weight excluding hydrogens is 252 g/mol. The van der Waals surface area contributed by atoms with Crippen molar-refractivity contribution in [1.82, 2.24) is 10.2 Å². The molecule has 2 aliphatic heterocycles. The summed E-state index contributed by atoms with van der Waals surface area (Å²) in [6, 6.07) is 0. The number of ether oxygens (including phenoxy) is 2. The summed E-state index contributed by atoms with van der Waals surface area (Å²) in [7, 11) is 0. The van der Waals surface area contributed by atoms with Crippen molar-refractivity contribution in [2.45, 2.75) is 70.8 Å². The Kier molecular flexibility index (Phi) is 5.11. The Hall–Kier alpha value is -0.160. The lowest BCUT2D eigenvalue weighted by Crippen LogP contribution is -2.50. The fourth-order valence-corrected chi connectivity index (χ4v) is 3.04. The molecule has 2 rings (SSSR count). The molecule has 0 saturated carbocycles. The molecule has 1 N–H and O–H groups in total. The first kappa shape index (κ1) is 16.2. The third-order valence-electron chi connectivity index (χ3n) is 4.02. The molecule has 0 aromatic heterocycles. The molecule has 2 fully saturated rings. The van der Waals surface area contributed by atoms with Crippen LogP contribution in [-0.4, -0.2) is 61.0 Å². The Morgan fingerprint density at radius 2 is 1.90 bits per heavy atom. The van der Waals surface area contributed by atoms with Crippen LogP contribution in [-0.2, 0) is 9.47 Å². The summed E-state index contributed by atoms with van der Waals surface area (Å²) in [6.07, 6.45) is 3.15. The molecule has 4 nitrogen and oxygen atoms in total. The lowest BCUT2D eigenvalue weighted by atomic mass is 10.1. The van der Waals surface area contributed by atoms with E-state index in [9.17, 15) is 0 Å². The number of hydrogen-bond donors (Lipinski definition) is 1. The van der Waals surface area contributed by atoms with Gasteiger partial charge in [0.25, 0.3) is 0 Å². The highest BCUT2D eigenvalue weighted by molar-refractivity contribution is 4.84. The van der Waals surface area contributed by atoms with E-state index < -0.39 is 0 Å². The van der Waals surface area contributed by atoms with Crippen LogP contribution in [0.3, 0.4) is 0 Å². The van der Waals surface area contributed by atoms with Crippen molar-refractivity contribution in [3.63, 3.8) is 0 Å². The molecule has 4 heteroatoms. The predicted octanol–water partition coefficient (Wildman–Crippen LogP) is 2.03. The molecule has 0 spiro atoms. The number of hydrogen-bond acceptors (Lipinski definition) is 4. The molecule has 2 saturated heterocycles. The summed E-state index contributed by atoms with van der Waals surface area (Å²) < 4.78 is 11.9. The average Bonchev–Trinajstić information content (AvgIpc) is 2.72. The van der Waals surface area contributed by atoms with Crippen LogP contribution in [0, 0.1) is 0 Å². The van der Waals surface area contributed by atoms with Gasteiger partial charge in [0, 0.05) is 31.7 Å². The van der Waals surface area contributed by atoms with Crippen LogP contribution in [0.5, 0.6) is 0 Å². The fraction of sp³-hybridized carbons (Fsp3) is 1.00. The van der Waals surface area contributed by atoms with Crippen LogP contribution in [0.25, 0.3) is 0 Å². The Morgan fingerprint density at radius 1 is 1.20 bits per heavy atom. The van der Waals surface area contributed by atoms with Crippen LogP contribution in [0.2, 0.25) is 0 Å². The third kappa shape index (κ3) is 5.32. The third-order valence-corrected chi connectivity index (χ3v) is 4.02. The second-order valence-corrected chi connectivity index (χ2v) is 7.93. The smallest absolute Gasteiger partial charge is 0.0753 e. The van der Waals surface area contributed by atoms with E-state index in [-0.39, 0.29) is 11.1 Å². The van der Waals surface area contributed by atoms with E-state index >= 15 is 0 Å². The van der Waals surface area contributed by atoms with Gasteiger partial charge in [-0.2, -0.15) is 0 Å². The van der Waals surface area contributed by atoms with Gasteiger partial charge in [-0.05, 0) is 47.5 Å². The number of rotatable bonds is 4. The molecule has 20 heavy (non-hydrogen) atoms. The Bertz CT molecular complexity index is 312. The molecule has 0 aromatic carbocycles. The van der Waals surface area contributed by atoms with Gasteiger partial charge >= 0.3 is 0 Å². The summed E-state index contributed by atoms with van der Waals surface area (Å²) >= 11 is 0. The molecule has 2 heterocycles. The van der Waals surface area contributed by atoms with E-state index in [1.165, 1.54) is 12.8 Å². The summed E-state index contributed by atoms with van der Waals surface area (Å²) in [5.41, 5.74) is 0.166. The second-order valence-electron chi connectivity index (χ2n) is 7.93. The zero-order valence-electron chi connectivity index (χ0n) is 13.9. The van der Waals surface area contributed by atoms with Crippen molar-refractivity contribution in [3.05, 3.63) is 0 Å². The van der Waals surface area contributed by atoms with Gasteiger partial charge < -0.3 is 14.8 Å². The first-order valence-electron chi connectivity index (χ1n) is 8.00. The van der Waals surface area contributed by atoms with Gasteiger partial charge in [-0.15, -0.1) is 0 Å². The maximum Gasteiger partial charge on any atom is 0.0753 e. The summed E-state index contributed by atoms with van der Waals surface area (Å²) in [5.74, 6) is 0. The van der Waals surface area contributed by atoms with Crippen LogP contribution < -0.4 is 5.32 Å². The Balaban J connectivity index is 1.71. The zero-order valence-corrected chi connectivity index (χ0v) is 13.9. The molecule has 2 atom stereocenters. The molecular formula is C16H32N2O2. The number of nitrogens with one attached hydrogen (secondary N) is 1. The van der Waals surface area contributed by atoms with Crippen molar-refractivity contribution >= 4 is 0 Å². The molecule has 2 unspecified atom stereocenters. The van der Waals surface area contributed by atoms with Gasteiger partial charge in [0.05, 0.1) is 24.4 Å². The predicted molar refractivity (Wildman–Crippen MR) is 82.1 cm³/mol. The quantitative estimate of drug-likeness (QED) is 0.856. The minimum absolute atomic E-state index is 0.00988. The lowest BCUT2D eigenvalue weighted by Gasteiger charge is -2.39. The van der Waals surface area contributed by atoms with Gasteiger partial charge in [0.2, 0.25) is 0 Å². The first-order valence-corrected chi connectivity index (χ1v) is 8.00. The second kappa shape index (κ2) is 6.30. The highest BCUT2D eigenvalue weighted by Gasteiger charge is 2.32. The van der Waals surface area contributed by atoms with Gasteiger partial charge in [-0.3, -0.25) is 4.90 Å². The molecule has 0 aliphatic carbocycles. The summed E-state index contributed by atoms with van der Waals surface area (Å²) in [5, 5.41) is 3.54. The highest BCUT2D eigenvalue weighted by atomic mass is 16.5. The number of nitrogens with zero attached hydrogens (tertiary/aromatic N) is 1. The molecule has 0 bridgehead atoms. The minimum Gasteiger partial charge on any atom is -0.373 e. The van der Waals surface area contributed by atoms with E-state index in [1.54, 1.807) is 0 Å². The van der Waals surface area contributed by atoms with E-state index in [0.29, 0.717) is 12.2 Å². The van der Waals surface area contributed by atoms with E-state index in [1.807, 2.05) is 0 Å². The van der Waals surface area contributed by atoms with Gasteiger partial charge in [0.15, 0.2) is 0 Å². The van der Waals surface area contributed by atoms with E-state index in [0.717, 1.165) is 32.8 Å². The van der Waals surface area contributed by atoms with Crippen molar-refractivity contribution < 1.29 is 9.47 Å². The largest absolute Gasteiger partial charge is 0.373 e. The fourth-order valence-electron chi connectivity index (χ4n) is 3.04. The highest BCUT2D eigenvalue weighted by Crippen LogP contribution is 2.23. The zero-order chi connectivity index (χ0) is 14.8. The summed E-state index contributed by atoms with van der Waals surface area (Å²) in [6.45, 7) is 15.9. The first-order chi connectivity index (χ1) is 9.23. The monoisotopic (exact) mass is 284 g/mol. The molecule has 0 amide bonds. The van der Waals surface area contributed by atoms with Crippen molar-refractivity contribution in [3.8, 4) is 0 Å². The van der Waals surface area contributed by atoms with Crippen LogP contribution in [0.15, 0.2) is 0 Å². The number of morpholine rings is 1. The maximum absolute atomic E-state index is 6.18. The maximum atomic E-state index is 6.18. The SMILES string of the molecule is CC(C)(C)NCC1CCC(CN2CCOC(C)(C)C2)O1. The average molecular weight is 284 g/mol. The lowest BCUT2D eigenvalue weighted by molar-refractivity contribution is -0.0966. The molecule has 118 valence electrons. The van der Waals surface area contributed by atoms with Gasteiger partial charge in [-0.1, -0.05) is 0 Å². The van der Waals surface area contributed by atoms with E-state index in [2.05, 4.69) is 44.8 Å². The topological polar surface area (TPSA) is 33.7 Å². The minimum atomic E-state index is -0.00988. The van der Waals surface area contributed by atoms with Crippen molar-refractivity contribution in [2.24, 2.45) is 0 Å². The molecule has 0 radical (unpaired) electrons. The van der Waals surface area contributed by atoms with Crippen LogP contribution >= 0.6 is 0 Å². The Labute approximate surface area is 124 Å². The van der Waals surface area contributed by atoms with Crippen molar-refractivity contribution in [1.29, 1.82) is 0 Å². The van der Waals surface area contributed by atoms with Crippen LogP contribution in [0.1, 0.15) is 47.5 Å². The van der Waals surface area contributed by atoms with Gasteiger partial charge in [-0.25, -0.2) is 0 Å². The van der Waals surface area contributed by atoms with E-state index in [4.69, 9.17) is 9.47 Å². The van der Waals surface area contributed by atoms with Gasteiger partial charge in [0.1, 0.15) is 0 Å². The van der Waals surface area contributed by atoms with Crippen molar-refractivity contribution in [2.75, 3.05) is 32.8 Å². The summed E-state index contributed by atoms with van der Waals surface area (Å²) in [4.78, 5) is 2.49. The normalized spacial score (nSPS) is 31.6. The standard InChI is InChI=1S/C16H32N2O2/c1-15(2,3)17-10-13-6-7-14(20-13)11-18-8-9-19-16(4,5)12-18/h13-14,17H,6-12H2,1-5H3. The molecule has 0 aromatic rings. The van der Waals surface area contributed by atoms with Crippen LogP contribution in [0.4, 0.5) is 0 Å². The Morgan fingerprint density at radius 3 is 2.55 bits per heavy atom. The molecule has 2 aliphatic rings.